The van der Waals surface area contributed by atoms with Crippen LogP contribution in [0.3, 0.4) is 0 Å². The molecule has 0 heterocycles. The van der Waals surface area contributed by atoms with Crippen molar-refractivity contribution in [2.24, 2.45) is 0 Å². The highest BCUT2D eigenvalue weighted by Crippen LogP contribution is 2.38. The number of anilines is 1. The number of halogens is 3. The minimum atomic E-state index is -4.35. The van der Waals surface area contributed by atoms with Crippen molar-refractivity contribution in [3.8, 4) is 11.5 Å². The van der Waals surface area contributed by atoms with Gasteiger partial charge in [0.1, 0.15) is 16.4 Å². The van der Waals surface area contributed by atoms with Crippen LogP contribution in [0.5, 0.6) is 11.5 Å². The van der Waals surface area contributed by atoms with E-state index in [-0.39, 0.29) is 43.9 Å². The lowest BCUT2D eigenvalue weighted by Crippen LogP contribution is -2.37. The third-order valence-electron chi connectivity index (χ3n) is 4.83. The van der Waals surface area contributed by atoms with Crippen molar-refractivity contribution in [2.75, 3.05) is 18.9 Å². The molecule has 3 rings (SSSR count). The molecular weight excluding hydrogens is 531 g/mol. The van der Waals surface area contributed by atoms with E-state index in [1.165, 1.54) is 33.3 Å². The first kappa shape index (κ1) is 26.2. The molecule has 1 amide bonds. The third-order valence-corrected chi connectivity index (χ3v) is 7.26. The van der Waals surface area contributed by atoms with Crippen LogP contribution in [0.1, 0.15) is 30.1 Å². The van der Waals surface area contributed by atoms with Crippen LogP contribution < -0.4 is 19.5 Å². The summed E-state index contributed by atoms with van der Waals surface area (Å²) in [5.41, 5.74) is -0.272. The van der Waals surface area contributed by atoms with Crippen LogP contribution in [0, 0.1) is 0 Å². The highest BCUT2D eigenvalue weighted by atomic mass is 35.5. The van der Waals surface area contributed by atoms with Crippen molar-refractivity contribution in [3.63, 3.8) is 0 Å². The molecule has 0 saturated heterocycles. The molecule has 2 aromatic carbocycles. The third kappa shape index (κ3) is 5.99. The number of esters is 1. The molecule has 0 spiro atoms. The first-order chi connectivity index (χ1) is 16.0. The lowest BCUT2D eigenvalue weighted by atomic mass is 10.2. The Morgan fingerprint density at radius 3 is 2.21 bits per heavy atom. The van der Waals surface area contributed by atoms with Gasteiger partial charge in [-0.15, -0.1) is 0 Å². The first-order valence-corrected chi connectivity index (χ1v) is 12.5. The smallest absolute Gasteiger partial charge is 0.340 e. The summed E-state index contributed by atoms with van der Waals surface area (Å²) in [6.07, 6.45) is 0.630. The Hall–Kier alpha value is -2.40. The Bertz CT molecular complexity index is 1230. The van der Waals surface area contributed by atoms with Crippen molar-refractivity contribution in [1.82, 2.24) is 5.32 Å². The van der Waals surface area contributed by atoms with Gasteiger partial charge in [0, 0.05) is 12.1 Å². The van der Waals surface area contributed by atoms with E-state index in [0.29, 0.717) is 0 Å². The normalized spacial score (nSPS) is 14.2. The van der Waals surface area contributed by atoms with Gasteiger partial charge in [0.25, 0.3) is 15.9 Å². The van der Waals surface area contributed by atoms with Crippen molar-refractivity contribution < 1.29 is 32.2 Å². The lowest BCUT2D eigenvalue weighted by Gasteiger charge is -2.16. The van der Waals surface area contributed by atoms with Gasteiger partial charge in [-0.05, 0) is 38.0 Å². The van der Waals surface area contributed by atoms with E-state index >= 15 is 0 Å². The Morgan fingerprint density at radius 2 is 1.62 bits per heavy atom. The predicted molar refractivity (Wildman–Crippen MR) is 128 cm³/mol. The Morgan fingerprint density at radius 1 is 0.971 bits per heavy atom. The maximum absolute atomic E-state index is 13.1. The summed E-state index contributed by atoms with van der Waals surface area (Å²) in [7, 11) is -1.61. The van der Waals surface area contributed by atoms with Crippen LogP contribution in [0.25, 0.3) is 0 Å². The average molecular weight is 552 g/mol. The number of hydrogen-bond donors (Lipinski definition) is 2. The van der Waals surface area contributed by atoms with Gasteiger partial charge < -0.3 is 19.5 Å². The number of carbonyl (C=O) groups is 2. The monoisotopic (exact) mass is 550 g/mol. The predicted octanol–water partition coefficient (Wildman–Crippen LogP) is 4.29. The molecule has 184 valence electrons. The SMILES string of the molecule is COc1cc(OC)c(NS(=O)(=O)c2cc(C(=O)O[C@H](C)C(=O)NC3CC3)c(Cl)cc2Cl)cc1Cl. The van der Waals surface area contributed by atoms with Crippen molar-refractivity contribution >= 4 is 62.4 Å². The van der Waals surface area contributed by atoms with Gasteiger partial charge in [0.05, 0.1) is 40.5 Å². The molecule has 0 radical (unpaired) electrons. The fourth-order valence-electron chi connectivity index (χ4n) is 2.85. The highest BCUT2D eigenvalue weighted by Gasteiger charge is 2.29. The van der Waals surface area contributed by atoms with Gasteiger partial charge in [0.15, 0.2) is 6.10 Å². The zero-order valence-corrected chi connectivity index (χ0v) is 21.4. The molecule has 9 nitrogen and oxygen atoms in total. The molecule has 1 aliphatic rings. The van der Waals surface area contributed by atoms with Crippen molar-refractivity contribution in [1.29, 1.82) is 0 Å². The summed E-state index contributed by atoms with van der Waals surface area (Å²) in [5, 5.41) is 2.46. The van der Waals surface area contributed by atoms with E-state index in [2.05, 4.69) is 10.0 Å². The van der Waals surface area contributed by atoms with Gasteiger partial charge in [-0.3, -0.25) is 9.52 Å². The summed E-state index contributed by atoms with van der Waals surface area (Å²) in [5.74, 6) is -1.04. The van der Waals surface area contributed by atoms with E-state index in [1.54, 1.807) is 0 Å². The Labute approximate surface area is 211 Å². The molecule has 2 N–H and O–H groups in total. The number of rotatable bonds is 9. The number of ether oxygens (including phenoxy) is 3. The molecule has 1 fully saturated rings. The number of nitrogens with one attached hydrogen (secondary N) is 2. The van der Waals surface area contributed by atoms with E-state index in [9.17, 15) is 18.0 Å². The molecule has 0 unspecified atom stereocenters. The second kappa shape index (κ2) is 10.5. The van der Waals surface area contributed by atoms with E-state index in [0.717, 1.165) is 25.0 Å². The molecular formula is C21H21Cl3N2O7S. The summed E-state index contributed by atoms with van der Waals surface area (Å²) in [6.45, 7) is 1.40. The first-order valence-electron chi connectivity index (χ1n) is 9.91. The Kier molecular flexibility index (Phi) is 8.07. The number of methoxy groups -OCH3 is 2. The number of benzene rings is 2. The number of sulfonamides is 1. The summed E-state index contributed by atoms with van der Waals surface area (Å²) in [6, 6.07) is 4.86. The van der Waals surface area contributed by atoms with Gasteiger partial charge >= 0.3 is 5.97 Å². The molecule has 13 heteroatoms. The van der Waals surface area contributed by atoms with Crippen molar-refractivity contribution in [2.45, 2.75) is 36.8 Å². The van der Waals surface area contributed by atoms with E-state index in [1.807, 2.05) is 0 Å². The lowest BCUT2D eigenvalue weighted by molar-refractivity contribution is -0.129. The topological polar surface area (TPSA) is 120 Å². The van der Waals surface area contributed by atoms with Crippen LogP contribution in [-0.2, 0) is 19.6 Å². The molecule has 1 saturated carbocycles. The molecule has 34 heavy (non-hydrogen) atoms. The fraction of sp³-hybridized carbons (Fsp3) is 0.333. The maximum atomic E-state index is 13.1. The Balaban J connectivity index is 1.89. The van der Waals surface area contributed by atoms with Crippen LogP contribution in [0.2, 0.25) is 15.1 Å². The number of carbonyl (C=O) groups excluding carboxylic acids is 2. The molecule has 0 aliphatic heterocycles. The van der Waals surface area contributed by atoms with Crippen LogP contribution in [0.15, 0.2) is 29.2 Å². The van der Waals surface area contributed by atoms with Crippen molar-refractivity contribution in [3.05, 3.63) is 44.9 Å². The molecule has 2 aromatic rings. The minimum Gasteiger partial charge on any atom is -0.495 e. The zero-order valence-electron chi connectivity index (χ0n) is 18.3. The second-order valence-electron chi connectivity index (χ2n) is 7.39. The quantitative estimate of drug-likeness (QED) is 0.446. The fourth-order valence-corrected chi connectivity index (χ4v) is 5.01. The van der Waals surface area contributed by atoms with Gasteiger partial charge in [-0.2, -0.15) is 0 Å². The summed E-state index contributed by atoms with van der Waals surface area (Å²) >= 11 is 18.4. The largest absolute Gasteiger partial charge is 0.495 e. The molecule has 0 bridgehead atoms. The van der Waals surface area contributed by atoms with E-state index in [4.69, 9.17) is 49.0 Å². The van der Waals surface area contributed by atoms with Gasteiger partial charge in [-0.25, -0.2) is 13.2 Å². The van der Waals surface area contributed by atoms with Crippen LogP contribution in [0.4, 0.5) is 5.69 Å². The van der Waals surface area contributed by atoms with Gasteiger partial charge in [0.2, 0.25) is 0 Å². The molecule has 1 aliphatic carbocycles. The average Bonchev–Trinajstić information content (AvgIpc) is 3.57. The number of hydrogen-bond acceptors (Lipinski definition) is 7. The van der Waals surface area contributed by atoms with Crippen LogP contribution >= 0.6 is 34.8 Å². The molecule has 0 aromatic heterocycles. The highest BCUT2D eigenvalue weighted by molar-refractivity contribution is 7.92. The second-order valence-corrected chi connectivity index (χ2v) is 10.3. The maximum Gasteiger partial charge on any atom is 0.340 e. The summed E-state index contributed by atoms with van der Waals surface area (Å²) in [4.78, 5) is 24.3. The van der Waals surface area contributed by atoms with Gasteiger partial charge in [-0.1, -0.05) is 34.8 Å². The zero-order chi connectivity index (χ0) is 25.2. The standard InChI is InChI=1S/C21H21Cl3N2O7S/c1-10(20(27)25-11-4-5-11)33-21(28)12-6-19(15(24)7-13(12)22)34(29,30)26-16-8-14(23)17(31-2)9-18(16)32-3/h6-11,26H,4-5H2,1-3H3,(H,25,27)/t10-/m1/s1. The van der Waals surface area contributed by atoms with Crippen LogP contribution in [-0.4, -0.2) is 46.7 Å². The summed E-state index contributed by atoms with van der Waals surface area (Å²) < 4.78 is 44.0. The van der Waals surface area contributed by atoms with E-state index < -0.39 is 32.9 Å². The molecule has 1 atom stereocenters. The minimum absolute atomic E-state index is 0.00816. The number of amides is 1.